The van der Waals surface area contributed by atoms with Gasteiger partial charge in [-0.25, -0.2) is 8.78 Å². The first-order chi connectivity index (χ1) is 6.96. The second-order valence-corrected chi connectivity index (χ2v) is 3.20. The van der Waals surface area contributed by atoms with Gasteiger partial charge in [-0.15, -0.1) is 0 Å². The average Bonchev–Trinajstić information content (AvgIpc) is 2.61. The number of alkyl halides is 2. The Hall–Kier alpha value is -1.43. The molecule has 0 saturated carbocycles. The minimum Gasteiger partial charge on any atom is -0.390 e. The molecular formula is C9H12F2N2O2. The molecule has 4 nitrogen and oxygen atoms in total. The number of aromatic nitrogens is 1. The number of aliphatic hydroxyl groups is 1. The van der Waals surface area contributed by atoms with Crippen LogP contribution in [-0.4, -0.2) is 34.7 Å². The molecule has 1 amide bonds. The van der Waals surface area contributed by atoms with E-state index in [0.29, 0.717) is 5.69 Å². The highest BCUT2D eigenvalue weighted by molar-refractivity contribution is 5.92. The smallest absolute Gasteiger partial charge is 0.287 e. The molecule has 0 aromatic carbocycles. The number of nitrogens with zero attached hydrogens (tertiary/aromatic N) is 1. The van der Waals surface area contributed by atoms with Crippen LogP contribution in [0.2, 0.25) is 0 Å². The van der Waals surface area contributed by atoms with E-state index in [2.05, 4.69) is 0 Å². The van der Waals surface area contributed by atoms with Crippen LogP contribution in [-0.2, 0) is 7.05 Å². The topological polar surface area (TPSA) is 54.3 Å². The molecule has 1 aromatic heterocycles. The molecule has 0 bridgehead atoms. The molecule has 84 valence electrons. The second kappa shape index (κ2) is 4.39. The fourth-order valence-electron chi connectivity index (χ4n) is 1.05. The predicted molar refractivity (Wildman–Crippen MR) is 49.8 cm³/mol. The number of carbonyl (C=O) groups is 1. The maximum Gasteiger partial charge on any atom is 0.287 e. The Morgan fingerprint density at radius 1 is 1.67 bits per heavy atom. The lowest BCUT2D eigenvalue weighted by molar-refractivity contribution is -0.0462. The number of hydrogen-bond donors (Lipinski definition) is 2. The molecule has 0 atom stereocenters. The van der Waals surface area contributed by atoms with Crippen molar-refractivity contribution in [3.63, 3.8) is 0 Å². The SMILES string of the molecule is Cn1cccc1C(=O)NCC(F)(F)CO. The van der Waals surface area contributed by atoms with Crippen LogP contribution in [0.1, 0.15) is 10.5 Å². The lowest BCUT2D eigenvalue weighted by Gasteiger charge is -2.13. The minimum atomic E-state index is -3.28. The number of halogens is 2. The third kappa shape index (κ3) is 3.02. The van der Waals surface area contributed by atoms with Gasteiger partial charge < -0.3 is 15.0 Å². The van der Waals surface area contributed by atoms with Gasteiger partial charge >= 0.3 is 0 Å². The first kappa shape index (κ1) is 11.6. The number of nitrogens with one attached hydrogen (secondary N) is 1. The first-order valence-electron chi connectivity index (χ1n) is 4.34. The molecule has 15 heavy (non-hydrogen) atoms. The Labute approximate surface area is 85.5 Å². The van der Waals surface area contributed by atoms with Crippen LogP contribution in [0.4, 0.5) is 8.78 Å². The molecule has 2 N–H and O–H groups in total. The van der Waals surface area contributed by atoms with E-state index in [4.69, 9.17) is 5.11 Å². The fourth-order valence-corrected chi connectivity index (χ4v) is 1.05. The summed E-state index contributed by atoms with van der Waals surface area (Å²) in [7, 11) is 1.64. The van der Waals surface area contributed by atoms with Gasteiger partial charge in [0.05, 0.1) is 6.54 Å². The lowest BCUT2D eigenvalue weighted by atomic mass is 10.3. The van der Waals surface area contributed by atoms with E-state index in [-0.39, 0.29) is 0 Å². The van der Waals surface area contributed by atoms with Crippen molar-refractivity contribution >= 4 is 5.91 Å². The number of amides is 1. The van der Waals surface area contributed by atoms with Gasteiger partial charge in [-0.1, -0.05) is 0 Å². The van der Waals surface area contributed by atoms with Crippen LogP contribution >= 0.6 is 0 Å². The summed E-state index contributed by atoms with van der Waals surface area (Å²) in [6.45, 7) is -2.14. The quantitative estimate of drug-likeness (QED) is 0.767. The average molecular weight is 218 g/mol. The van der Waals surface area contributed by atoms with E-state index < -0.39 is 25.0 Å². The van der Waals surface area contributed by atoms with Crippen LogP contribution in [0.5, 0.6) is 0 Å². The summed E-state index contributed by atoms with van der Waals surface area (Å²) >= 11 is 0. The third-order valence-electron chi connectivity index (χ3n) is 1.92. The molecule has 6 heteroatoms. The van der Waals surface area contributed by atoms with Crippen LogP contribution in [0.3, 0.4) is 0 Å². The summed E-state index contributed by atoms with van der Waals surface area (Å²) in [4.78, 5) is 11.3. The molecule has 1 rings (SSSR count). The molecular weight excluding hydrogens is 206 g/mol. The number of hydrogen-bond acceptors (Lipinski definition) is 2. The molecule has 0 spiro atoms. The van der Waals surface area contributed by atoms with Crippen molar-refractivity contribution in [2.45, 2.75) is 5.92 Å². The van der Waals surface area contributed by atoms with Crippen molar-refractivity contribution in [1.82, 2.24) is 9.88 Å². The standard InChI is InChI=1S/C9H12F2N2O2/c1-13-4-2-3-7(13)8(15)12-5-9(10,11)6-14/h2-4,14H,5-6H2,1H3,(H,12,15). The molecule has 0 saturated heterocycles. The van der Waals surface area contributed by atoms with E-state index in [1.54, 1.807) is 19.3 Å². The zero-order valence-corrected chi connectivity index (χ0v) is 8.20. The number of aryl methyl sites for hydroxylation is 1. The Morgan fingerprint density at radius 2 is 2.33 bits per heavy atom. The molecule has 0 aliphatic rings. The zero-order chi connectivity index (χ0) is 11.5. The maximum atomic E-state index is 12.6. The van der Waals surface area contributed by atoms with Gasteiger partial charge in [0.2, 0.25) is 0 Å². The fraction of sp³-hybridized carbons (Fsp3) is 0.444. The van der Waals surface area contributed by atoms with Crippen molar-refractivity contribution < 1.29 is 18.7 Å². The summed E-state index contributed by atoms with van der Waals surface area (Å²) in [5, 5.41) is 10.3. The maximum absolute atomic E-state index is 12.6. The third-order valence-corrected chi connectivity index (χ3v) is 1.92. The summed E-state index contributed by atoms with van der Waals surface area (Å²) in [6, 6.07) is 3.16. The Bertz CT molecular complexity index is 350. The highest BCUT2D eigenvalue weighted by atomic mass is 19.3. The number of carbonyl (C=O) groups excluding carboxylic acids is 1. The van der Waals surface area contributed by atoms with Crippen LogP contribution in [0.15, 0.2) is 18.3 Å². The minimum absolute atomic E-state index is 0.295. The van der Waals surface area contributed by atoms with Gasteiger partial charge in [0.25, 0.3) is 11.8 Å². The van der Waals surface area contributed by atoms with E-state index in [0.717, 1.165) is 0 Å². The monoisotopic (exact) mass is 218 g/mol. The van der Waals surface area contributed by atoms with Gasteiger partial charge in [-0.05, 0) is 12.1 Å². The van der Waals surface area contributed by atoms with Gasteiger partial charge in [0, 0.05) is 13.2 Å². The predicted octanol–water partition coefficient (Wildman–Crippen LogP) is 0.382. The van der Waals surface area contributed by atoms with Crippen LogP contribution in [0.25, 0.3) is 0 Å². The van der Waals surface area contributed by atoms with Crippen molar-refractivity contribution in [3.8, 4) is 0 Å². The van der Waals surface area contributed by atoms with Crippen LogP contribution in [0, 0.1) is 0 Å². The molecule has 1 aromatic rings. The molecule has 0 fully saturated rings. The summed E-state index contributed by atoms with van der Waals surface area (Å²) in [5.74, 6) is -3.86. The van der Waals surface area contributed by atoms with Gasteiger partial charge in [-0.3, -0.25) is 4.79 Å². The summed E-state index contributed by atoms with van der Waals surface area (Å²) < 4.78 is 26.7. The second-order valence-electron chi connectivity index (χ2n) is 3.20. The lowest BCUT2D eigenvalue weighted by Crippen LogP contribution is -2.39. The van der Waals surface area contributed by atoms with Crippen molar-refractivity contribution in [1.29, 1.82) is 0 Å². The van der Waals surface area contributed by atoms with Gasteiger partial charge in [0.15, 0.2) is 0 Å². The Balaban J connectivity index is 2.55. The van der Waals surface area contributed by atoms with E-state index >= 15 is 0 Å². The number of rotatable bonds is 4. The molecule has 0 radical (unpaired) electrons. The Kier molecular flexibility index (Phi) is 3.41. The molecule has 0 aliphatic heterocycles. The van der Waals surface area contributed by atoms with Crippen molar-refractivity contribution in [2.24, 2.45) is 7.05 Å². The number of aliphatic hydroxyl groups excluding tert-OH is 1. The van der Waals surface area contributed by atoms with E-state index in [9.17, 15) is 13.6 Å². The Morgan fingerprint density at radius 3 is 2.80 bits per heavy atom. The summed E-state index contributed by atoms with van der Waals surface area (Å²) in [5.41, 5.74) is 0.295. The van der Waals surface area contributed by atoms with Gasteiger partial charge in [0.1, 0.15) is 12.3 Å². The molecule has 1 heterocycles. The van der Waals surface area contributed by atoms with E-state index in [1.807, 2.05) is 5.32 Å². The van der Waals surface area contributed by atoms with Crippen molar-refractivity contribution in [3.05, 3.63) is 24.0 Å². The largest absolute Gasteiger partial charge is 0.390 e. The van der Waals surface area contributed by atoms with Crippen LogP contribution < -0.4 is 5.32 Å². The van der Waals surface area contributed by atoms with Crippen molar-refractivity contribution in [2.75, 3.05) is 13.2 Å². The molecule has 0 unspecified atom stereocenters. The molecule has 0 aliphatic carbocycles. The first-order valence-corrected chi connectivity index (χ1v) is 4.34. The zero-order valence-electron chi connectivity index (χ0n) is 8.20. The highest BCUT2D eigenvalue weighted by Gasteiger charge is 2.28. The van der Waals surface area contributed by atoms with E-state index in [1.165, 1.54) is 10.6 Å². The summed E-state index contributed by atoms with van der Waals surface area (Å²) in [6.07, 6.45) is 1.64. The highest BCUT2D eigenvalue weighted by Crippen LogP contribution is 2.10. The normalized spacial score (nSPS) is 11.5. The van der Waals surface area contributed by atoms with Gasteiger partial charge in [-0.2, -0.15) is 0 Å².